The van der Waals surface area contributed by atoms with Crippen LogP contribution in [0.2, 0.25) is 0 Å². The number of amides is 4. The Morgan fingerprint density at radius 1 is 1.20 bits per heavy atom. The minimum atomic E-state index is -0.658. The molecular formula is C22H32N4O4. The minimum absolute atomic E-state index is 0.240. The van der Waals surface area contributed by atoms with Crippen molar-refractivity contribution in [1.82, 2.24) is 15.5 Å². The maximum atomic E-state index is 12.7. The smallest absolute Gasteiger partial charge is 0.338 e. The van der Waals surface area contributed by atoms with E-state index in [0.29, 0.717) is 35.6 Å². The van der Waals surface area contributed by atoms with E-state index in [0.717, 1.165) is 19.3 Å². The summed E-state index contributed by atoms with van der Waals surface area (Å²) in [6, 6.07) is 5.90. The third-order valence-corrected chi connectivity index (χ3v) is 4.83. The van der Waals surface area contributed by atoms with Crippen molar-refractivity contribution in [3.63, 3.8) is 0 Å². The molecule has 4 amide bonds. The van der Waals surface area contributed by atoms with E-state index in [1.807, 2.05) is 13.0 Å². The highest BCUT2D eigenvalue weighted by Gasteiger charge is 2.36. The van der Waals surface area contributed by atoms with E-state index in [1.165, 1.54) is 0 Å². The maximum Gasteiger partial charge on any atom is 0.338 e. The molecule has 1 heterocycles. The van der Waals surface area contributed by atoms with Crippen LogP contribution >= 0.6 is 0 Å². The summed E-state index contributed by atoms with van der Waals surface area (Å²) in [7, 11) is 0. The molecule has 164 valence electrons. The molecule has 1 aromatic rings. The molecule has 1 aliphatic heterocycles. The normalized spacial score (nSPS) is 16.2. The van der Waals surface area contributed by atoms with Crippen LogP contribution in [0, 0.1) is 0 Å². The van der Waals surface area contributed by atoms with Crippen molar-refractivity contribution < 1.29 is 19.1 Å². The number of nitrogens with zero attached hydrogens (tertiary/aromatic N) is 1. The molecule has 0 aliphatic carbocycles. The second-order valence-corrected chi connectivity index (χ2v) is 7.11. The van der Waals surface area contributed by atoms with Crippen LogP contribution in [-0.4, -0.2) is 42.6 Å². The molecule has 0 fully saturated rings. The van der Waals surface area contributed by atoms with Crippen molar-refractivity contribution in [3.05, 3.63) is 41.1 Å². The number of hydrogen-bond donors (Lipinski definition) is 3. The summed E-state index contributed by atoms with van der Waals surface area (Å²) in [5, 5.41) is 8.50. The summed E-state index contributed by atoms with van der Waals surface area (Å²) in [4.78, 5) is 39.0. The second-order valence-electron chi connectivity index (χ2n) is 7.11. The number of unbranched alkanes of at least 4 members (excludes halogenated alkanes) is 1. The van der Waals surface area contributed by atoms with Crippen molar-refractivity contribution in [2.45, 2.75) is 53.0 Å². The van der Waals surface area contributed by atoms with Gasteiger partial charge in [-0.3, -0.25) is 4.90 Å². The lowest BCUT2D eigenvalue weighted by molar-refractivity contribution is -0.139. The molecule has 8 heteroatoms. The third-order valence-electron chi connectivity index (χ3n) is 4.83. The van der Waals surface area contributed by atoms with Gasteiger partial charge in [-0.2, -0.15) is 0 Å². The zero-order chi connectivity index (χ0) is 22.1. The lowest BCUT2D eigenvalue weighted by Crippen LogP contribution is -2.48. The standard InChI is InChI=1S/C22H32N4O4/c1-5-8-12-23-21(28)24-17-11-9-10-16(14-17)19-18(20(27)30-7-3)15(4)26(13-6-2)22(29)25-19/h9-11,14,19H,5-8,12-13H2,1-4H3,(H,25,29)(H2,23,24,28)/t19-/m0/s1. The van der Waals surface area contributed by atoms with Gasteiger partial charge in [0.25, 0.3) is 0 Å². The fraction of sp³-hybridized carbons (Fsp3) is 0.500. The summed E-state index contributed by atoms with van der Waals surface area (Å²) in [6.45, 7) is 8.88. The van der Waals surface area contributed by atoms with Crippen LogP contribution in [0.15, 0.2) is 35.5 Å². The Kier molecular flexibility index (Phi) is 8.70. The van der Waals surface area contributed by atoms with Gasteiger partial charge in [-0.25, -0.2) is 14.4 Å². The highest BCUT2D eigenvalue weighted by molar-refractivity contribution is 5.95. The van der Waals surface area contributed by atoms with Gasteiger partial charge in [0.1, 0.15) is 0 Å². The van der Waals surface area contributed by atoms with Crippen LogP contribution in [-0.2, 0) is 9.53 Å². The first-order valence-corrected chi connectivity index (χ1v) is 10.5. The Balaban J connectivity index is 2.32. The van der Waals surface area contributed by atoms with E-state index in [4.69, 9.17) is 4.74 Å². The molecule has 8 nitrogen and oxygen atoms in total. The highest BCUT2D eigenvalue weighted by Crippen LogP contribution is 2.32. The van der Waals surface area contributed by atoms with Gasteiger partial charge >= 0.3 is 18.0 Å². The van der Waals surface area contributed by atoms with Crippen LogP contribution in [0.5, 0.6) is 0 Å². The molecule has 0 bridgehead atoms. The molecule has 30 heavy (non-hydrogen) atoms. The maximum absolute atomic E-state index is 12.7. The predicted molar refractivity (Wildman–Crippen MR) is 116 cm³/mol. The van der Waals surface area contributed by atoms with Crippen molar-refractivity contribution in [1.29, 1.82) is 0 Å². The molecule has 3 N–H and O–H groups in total. The Bertz CT molecular complexity index is 806. The molecule has 0 aromatic heterocycles. The largest absolute Gasteiger partial charge is 0.463 e. The zero-order valence-corrected chi connectivity index (χ0v) is 18.2. The van der Waals surface area contributed by atoms with Crippen molar-refractivity contribution in [2.24, 2.45) is 0 Å². The number of hydrogen-bond acceptors (Lipinski definition) is 4. The van der Waals surface area contributed by atoms with Gasteiger partial charge in [0, 0.05) is 24.5 Å². The number of urea groups is 2. The summed E-state index contributed by atoms with van der Waals surface area (Å²) >= 11 is 0. The molecule has 1 aromatic carbocycles. The molecule has 0 spiro atoms. The van der Waals surface area contributed by atoms with E-state index in [2.05, 4.69) is 22.9 Å². The number of carbonyl (C=O) groups is 3. The fourth-order valence-electron chi connectivity index (χ4n) is 3.35. The number of allylic oxidation sites excluding steroid dienone is 1. The average Bonchev–Trinajstić information content (AvgIpc) is 2.71. The van der Waals surface area contributed by atoms with Crippen molar-refractivity contribution >= 4 is 23.7 Å². The average molecular weight is 417 g/mol. The molecule has 1 atom stereocenters. The Labute approximate surface area is 178 Å². The minimum Gasteiger partial charge on any atom is -0.463 e. The summed E-state index contributed by atoms with van der Waals surface area (Å²) in [5.41, 5.74) is 2.25. The SMILES string of the molecule is CCCCNC(=O)Nc1cccc([C@@H]2NC(=O)N(CCC)C(C)=C2C(=O)OCC)c1. The van der Waals surface area contributed by atoms with E-state index < -0.39 is 12.0 Å². The van der Waals surface area contributed by atoms with E-state index in [1.54, 1.807) is 36.9 Å². The number of anilines is 1. The van der Waals surface area contributed by atoms with Gasteiger partial charge in [-0.1, -0.05) is 32.4 Å². The first-order valence-electron chi connectivity index (χ1n) is 10.5. The quantitative estimate of drug-likeness (QED) is 0.420. The Morgan fingerprint density at radius 3 is 2.63 bits per heavy atom. The van der Waals surface area contributed by atoms with Gasteiger partial charge in [-0.05, 0) is 44.4 Å². The number of rotatable bonds is 9. The molecular weight excluding hydrogens is 384 g/mol. The molecule has 2 rings (SSSR count). The molecule has 0 radical (unpaired) electrons. The number of carbonyl (C=O) groups excluding carboxylic acids is 3. The molecule has 1 aliphatic rings. The third kappa shape index (κ3) is 5.75. The van der Waals surface area contributed by atoms with E-state index >= 15 is 0 Å². The van der Waals surface area contributed by atoms with Crippen molar-refractivity contribution in [3.8, 4) is 0 Å². The van der Waals surface area contributed by atoms with Gasteiger partial charge < -0.3 is 20.7 Å². The van der Waals surface area contributed by atoms with Crippen LogP contribution in [0.25, 0.3) is 0 Å². The summed E-state index contributed by atoms with van der Waals surface area (Å²) in [5.74, 6) is -0.461. The summed E-state index contributed by atoms with van der Waals surface area (Å²) < 4.78 is 5.26. The first kappa shape index (κ1) is 23.3. The first-order chi connectivity index (χ1) is 14.4. The van der Waals surface area contributed by atoms with Gasteiger partial charge in [0.15, 0.2) is 0 Å². The predicted octanol–water partition coefficient (Wildman–Crippen LogP) is 3.92. The second kappa shape index (κ2) is 11.2. The Morgan fingerprint density at radius 2 is 1.97 bits per heavy atom. The van der Waals surface area contributed by atoms with Gasteiger partial charge in [-0.15, -0.1) is 0 Å². The fourth-order valence-corrected chi connectivity index (χ4v) is 3.35. The van der Waals surface area contributed by atoms with E-state index in [-0.39, 0.29) is 18.7 Å². The molecule has 0 saturated heterocycles. The Hall–Kier alpha value is -3.03. The van der Waals surface area contributed by atoms with Gasteiger partial charge in [0.2, 0.25) is 0 Å². The van der Waals surface area contributed by atoms with E-state index in [9.17, 15) is 14.4 Å². The van der Waals surface area contributed by atoms with Crippen molar-refractivity contribution in [2.75, 3.05) is 25.0 Å². The molecule has 0 unspecified atom stereocenters. The summed E-state index contributed by atoms with van der Waals surface area (Å²) in [6.07, 6.45) is 2.66. The van der Waals surface area contributed by atoms with Crippen LogP contribution < -0.4 is 16.0 Å². The number of ether oxygens (including phenoxy) is 1. The highest BCUT2D eigenvalue weighted by atomic mass is 16.5. The topological polar surface area (TPSA) is 99.8 Å². The lowest BCUT2D eigenvalue weighted by atomic mass is 9.94. The zero-order valence-electron chi connectivity index (χ0n) is 18.2. The number of esters is 1. The van der Waals surface area contributed by atoms with Crippen LogP contribution in [0.3, 0.4) is 0 Å². The van der Waals surface area contributed by atoms with Crippen LogP contribution in [0.1, 0.15) is 58.6 Å². The number of nitrogens with one attached hydrogen (secondary N) is 3. The lowest BCUT2D eigenvalue weighted by Gasteiger charge is -2.35. The monoisotopic (exact) mass is 416 g/mol. The number of benzene rings is 1. The van der Waals surface area contributed by atoms with Crippen LogP contribution in [0.4, 0.5) is 15.3 Å². The molecule has 0 saturated carbocycles. The van der Waals surface area contributed by atoms with Gasteiger partial charge in [0.05, 0.1) is 18.2 Å².